The van der Waals surface area contributed by atoms with Gasteiger partial charge in [-0.2, -0.15) is 0 Å². The van der Waals surface area contributed by atoms with Crippen molar-refractivity contribution in [1.29, 1.82) is 0 Å². The Morgan fingerprint density at radius 3 is 2.69 bits per heavy atom. The molecule has 1 aliphatic heterocycles. The van der Waals surface area contributed by atoms with Gasteiger partial charge < -0.3 is 14.4 Å². The van der Waals surface area contributed by atoms with Gasteiger partial charge in [-0.1, -0.05) is 11.3 Å². The lowest BCUT2D eigenvalue weighted by atomic mass is 10.2. The Bertz CT molecular complexity index is 788. The number of ether oxygens (including phenoxy) is 2. The normalized spacial score (nSPS) is 13.1. The second kappa shape index (κ2) is 8.18. The third-order valence-corrected chi connectivity index (χ3v) is 4.90. The summed E-state index contributed by atoms with van der Waals surface area (Å²) in [6.07, 6.45) is 0.343. The number of benzene rings is 1. The van der Waals surface area contributed by atoms with Crippen LogP contribution >= 0.6 is 11.3 Å². The number of hydrogen-bond donors (Lipinski definition) is 1. The van der Waals surface area contributed by atoms with Gasteiger partial charge in [0.05, 0.1) is 25.5 Å². The molecule has 3 rings (SSSR count). The zero-order valence-electron chi connectivity index (χ0n) is 14.8. The van der Waals surface area contributed by atoms with Crippen molar-refractivity contribution in [2.75, 3.05) is 25.1 Å². The van der Waals surface area contributed by atoms with Crippen LogP contribution in [-0.4, -0.2) is 41.6 Å². The first-order valence-electron chi connectivity index (χ1n) is 8.55. The van der Waals surface area contributed by atoms with Crippen LogP contribution < -0.4 is 10.1 Å². The molecule has 8 heteroatoms. The zero-order valence-corrected chi connectivity index (χ0v) is 15.6. The number of hydrogen-bond acceptors (Lipinski definition) is 6. The second-order valence-corrected chi connectivity index (χ2v) is 6.75. The van der Waals surface area contributed by atoms with Gasteiger partial charge in [0.2, 0.25) is 0 Å². The quantitative estimate of drug-likeness (QED) is 0.867. The number of carbonyl (C=O) groups excluding carboxylic acids is 2. The van der Waals surface area contributed by atoms with Crippen molar-refractivity contribution >= 4 is 28.5 Å². The molecule has 7 nitrogen and oxygen atoms in total. The predicted octanol–water partition coefficient (Wildman–Crippen LogP) is 3.31. The van der Waals surface area contributed by atoms with Crippen molar-refractivity contribution in [2.45, 2.75) is 26.8 Å². The number of nitrogens with zero attached hydrogens (tertiary/aromatic N) is 2. The van der Waals surface area contributed by atoms with Crippen molar-refractivity contribution in [3.8, 4) is 5.75 Å². The minimum Gasteiger partial charge on any atom is -0.494 e. The maximum absolute atomic E-state index is 12.4. The Morgan fingerprint density at radius 1 is 1.23 bits per heavy atom. The summed E-state index contributed by atoms with van der Waals surface area (Å²) in [5.41, 5.74) is 1.47. The zero-order chi connectivity index (χ0) is 18.5. The van der Waals surface area contributed by atoms with E-state index >= 15 is 0 Å². The highest BCUT2D eigenvalue weighted by Crippen LogP contribution is 2.29. The summed E-state index contributed by atoms with van der Waals surface area (Å²) in [4.78, 5) is 31.4. The van der Waals surface area contributed by atoms with E-state index < -0.39 is 0 Å². The van der Waals surface area contributed by atoms with Crippen molar-refractivity contribution in [3.63, 3.8) is 0 Å². The molecule has 1 aromatic heterocycles. The van der Waals surface area contributed by atoms with Gasteiger partial charge >= 0.3 is 6.09 Å². The Labute approximate surface area is 155 Å². The van der Waals surface area contributed by atoms with Gasteiger partial charge in [0.25, 0.3) is 5.91 Å². The molecule has 1 aromatic carbocycles. The number of amides is 2. The average molecular weight is 375 g/mol. The summed E-state index contributed by atoms with van der Waals surface area (Å²) >= 11 is 1.39. The summed E-state index contributed by atoms with van der Waals surface area (Å²) in [7, 11) is 0. The summed E-state index contributed by atoms with van der Waals surface area (Å²) in [5.74, 6) is 0.509. The number of carbonyl (C=O) groups is 2. The molecule has 0 bridgehead atoms. The SMILES string of the molecule is CCOC(=O)N1CCc2nc(NC(=O)c3ccc(OCC)cc3)sc2C1. The molecule has 1 aliphatic rings. The van der Waals surface area contributed by atoms with Gasteiger partial charge in [0.15, 0.2) is 5.13 Å². The summed E-state index contributed by atoms with van der Waals surface area (Å²) < 4.78 is 10.4. The summed E-state index contributed by atoms with van der Waals surface area (Å²) in [5, 5.41) is 3.37. The van der Waals surface area contributed by atoms with Crippen LogP contribution in [0.2, 0.25) is 0 Å². The van der Waals surface area contributed by atoms with Gasteiger partial charge in [-0.25, -0.2) is 9.78 Å². The van der Waals surface area contributed by atoms with Crippen LogP contribution in [0, 0.1) is 0 Å². The molecule has 0 aliphatic carbocycles. The monoisotopic (exact) mass is 375 g/mol. The number of thiazole rings is 1. The van der Waals surface area contributed by atoms with E-state index in [4.69, 9.17) is 9.47 Å². The summed E-state index contributed by atoms with van der Waals surface area (Å²) in [6.45, 7) is 5.67. The number of rotatable bonds is 5. The predicted molar refractivity (Wildman–Crippen MR) is 98.8 cm³/mol. The molecule has 0 unspecified atom stereocenters. The lowest BCUT2D eigenvalue weighted by Gasteiger charge is -2.24. The van der Waals surface area contributed by atoms with Crippen LogP contribution in [0.25, 0.3) is 0 Å². The van der Waals surface area contributed by atoms with Crippen molar-refractivity contribution in [3.05, 3.63) is 40.4 Å². The maximum atomic E-state index is 12.4. The number of nitrogens with one attached hydrogen (secondary N) is 1. The third-order valence-electron chi connectivity index (χ3n) is 3.91. The van der Waals surface area contributed by atoms with Gasteiger partial charge in [0, 0.05) is 23.4 Å². The third kappa shape index (κ3) is 4.13. The van der Waals surface area contributed by atoms with Gasteiger partial charge in [-0.15, -0.1) is 0 Å². The van der Waals surface area contributed by atoms with Crippen molar-refractivity contribution in [2.24, 2.45) is 0 Å². The molecule has 0 saturated carbocycles. The lowest BCUT2D eigenvalue weighted by Crippen LogP contribution is -2.35. The molecular formula is C18H21N3O4S. The molecule has 0 fully saturated rings. The average Bonchev–Trinajstić information content (AvgIpc) is 3.04. The van der Waals surface area contributed by atoms with Crippen LogP contribution in [0.4, 0.5) is 9.93 Å². The molecule has 0 radical (unpaired) electrons. The summed E-state index contributed by atoms with van der Waals surface area (Å²) in [6, 6.07) is 6.97. The van der Waals surface area contributed by atoms with Crippen LogP contribution in [0.1, 0.15) is 34.8 Å². The van der Waals surface area contributed by atoms with E-state index in [0.717, 1.165) is 16.3 Å². The molecule has 26 heavy (non-hydrogen) atoms. The van der Waals surface area contributed by atoms with Crippen LogP contribution in [0.15, 0.2) is 24.3 Å². The highest BCUT2D eigenvalue weighted by Gasteiger charge is 2.25. The molecule has 2 aromatic rings. The lowest BCUT2D eigenvalue weighted by molar-refractivity contribution is 0.102. The molecule has 0 atom stereocenters. The highest BCUT2D eigenvalue weighted by atomic mass is 32.1. The van der Waals surface area contributed by atoms with E-state index in [1.165, 1.54) is 11.3 Å². The number of anilines is 1. The first-order valence-corrected chi connectivity index (χ1v) is 9.36. The molecule has 0 spiro atoms. The van der Waals surface area contributed by atoms with E-state index in [1.807, 2.05) is 6.92 Å². The smallest absolute Gasteiger partial charge is 0.410 e. The Morgan fingerprint density at radius 2 is 2.00 bits per heavy atom. The van der Waals surface area contributed by atoms with Crippen LogP contribution in [0.3, 0.4) is 0 Å². The second-order valence-electron chi connectivity index (χ2n) is 5.67. The first-order chi connectivity index (χ1) is 12.6. The first kappa shape index (κ1) is 18.2. The van der Waals surface area contributed by atoms with E-state index in [2.05, 4.69) is 10.3 Å². The Kier molecular flexibility index (Phi) is 5.72. The fourth-order valence-corrected chi connectivity index (χ4v) is 3.68. The maximum Gasteiger partial charge on any atom is 0.410 e. The fourth-order valence-electron chi connectivity index (χ4n) is 2.66. The molecule has 0 saturated heterocycles. The largest absolute Gasteiger partial charge is 0.494 e. The number of aromatic nitrogens is 1. The molecule has 2 heterocycles. The Hall–Kier alpha value is -2.61. The van der Waals surface area contributed by atoms with Gasteiger partial charge in [-0.05, 0) is 38.1 Å². The minimum atomic E-state index is -0.313. The van der Waals surface area contributed by atoms with E-state index in [-0.39, 0.29) is 12.0 Å². The minimum absolute atomic E-state index is 0.221. The molecule has 1 N–H and O–H groups in total. The van der Waals surface area contributed by atoms with Crippen LogP contribution in [0.5, 0.6) is 5.75 Å². The molecule has 2 amide bonds. The number of fused-ring (bicyclic) bond motifs is 1. The standard InChI is InChI=1S/C18H21N3O4S/c1-3-24-13-7-5-12(6-8-13)16(22)20-17-19-14-9-10-21(11-15(14)26-17)18(23)25-4-2/h5-8H,3-4,9-11H2,1-2H3,(H,19,20,22). The highest BCUT2D eigenvalue weighted by molar-refractivity contribution is 7.15. The van der Waals surface area contributed by atoms with E-state index in [9.17, 15) is 9.59 Å². The van der Waals surface area contributed by atoms with E-state index in [1.54, 1.807) is 36.1 Å². The topological polar surface area (TPSA) is 80.8 Å². The van der Waals surface area contributed by atoms with Crippen molar-refractivity contribution < 1.29 is 19.1 Å². The van der Waals surface area contributed by atoms with E-state index in [0.29, 0.717) is 43.4 Å². The molecular weight excluding hydrogens is 354 g/mol. The van der Waals surface area contributed by atoms with Gasteiger partial charge in [-0.3, -0.25) is 10.1 Å². The van der Waals surface area contributed by atoms with Gasteiger partial charge in [0.1, 0.15) is 5.75 Å². The fraction of sp³-hybridized carbons (Fsp3) is 0.389. The van der Waals surface area contributed by atoms with Crippen LogP contribution in [-0.2, 0) is 17.7 Å². The Balaban J connectivity index is 1.65. The van der Waals surface area contributed by atoms with Crippen molar-refractivity contribution in [1.82, 2.24) is 9.88 Å². The molecule has 138 valence electrons.